The van der Waals surface area contributed by atoms with Crippen LogP contribution < -0.4 is 5.32 Å². The van der Waals surface area contributed by atoms with E-state index in [1.54, 1.807) is 25.1 Å². The van der Waals surface area contributed by atoms with Gasteiger partial charge in [0.05, 0.1) is 12.3 Å². The molecule has 2 aromatic carbocycles. The van der Waals surface area contributed by atoms with E-state index in [1.165, 1.54) is 0 Å². The standard InChI is InChI=1S/C25H27N3O4/c1-4-21-19-14-10-11-15-20(19)24(32-17-18-12-8-7-9-13-18)23(28(21)27-5-2)25(30)26-16-22(29)31-6-3/h4-5,7-15H,6,16-17H2,1-3H3,(H,26,30)/b21-4+,27-5-. The number of rotatable bonds is 8. The molecule has 1 N–H and O–H groups in total. The van der Waals surface area contributed by atoms with Gasteiger partial charge in [-0.1, -0.05) is 60.7 Å². The lowest BCUT2D eigenvalue weighted by Crippen LogP contribution is -2.38. The minimum Gasteiger partial charge on any atom is -0.486 e. The van der Waals surface area contributed by atoms with Crippen LogP contribution in [-0.2, 0) is 25.7 Å². The largest absolute Gasteiger partial charge is 0.486 e. The molecule has 0 unspecified atom stereocenters. The van der Waals surface area contributed by atoms with Crippen molar-refractivity contribution in [3.63, 3.8) is 0 Å². The molecule has 0 radical (unpaired) electrons. The minimum atomic E-state index is -0.513. The van der Waals surface area contributed by atoms with E-state index in [4.69, 9.17) is 9.47 Å². The van der Waals surface area contributed by atoms with E-state index in [2.05, 4.69) is 10.4 Å². The summed E-state index contributed by atoms with van der Waals surface area (Å²) in [5.74, 6) is -0.608. The number of hydrogen-bond acceptors (Lipinski definition) is 6. The maximum Gasteiger partial charge on any atom is 0.325 e. The molecule has 0 bridgehead atoms. The summed E-state index contributed by atoms with van der Waals surface area (Å²) >= 11 is 0. The first-order chi connectivity index (χ1) is 15.6. The number of hydrogen-bond donors (Lipinski definition) is 1. The van der Waals surface area contributed by atoms with Crippen molar-refractivity contribution in [1.29, 1.82) is 0 Å². The third kappa shape index (κ3) is 5.06. The summed E-state index contributed by atoms with van der Waals surface area (Å²) in [4.78, 5) is 25.1. The van der Waals surface area contributed by atoms with Crippen LogP contribution in [0.3, 0.4) is 0 Å². The highest BCUT2D eigenvalue weighted by atomic mass is 16.5. The molecule has 166 valence electrons. The van der Waals surface area contributed by atoms with Gasteiger partial charge in [-0.05, 0) is 26.3 Å². The van der Waals surface area contributed by atoms with Crippen molar-refractivity contribution < 1.29 is 19.1 Å². The molecule has 1 heterocycles. The maximum absolute atomic E-state index is 13.3. The van der Waals surface area contributed by atoms with Crippen molar-refractivity contribution in [2.75, 3.05) is 13.2 Å². The molecule has 0 atom stereocenters. The molecule has 0 spiro atoms. The van der Waals surface area contributed by atoms with E-state index in [0.717, 1.165) is 22.4 Å². The van der Waals surface area contributed by atoms with Gasteiger partial charge in [-0.25, -0.2) is 5.01 Å². The van der Waals surface area contributed by atoms with Crippen molar-refractivity contribution in [2.24, 2.45) is 5.10 Å². The van der Waals surface area contributed by atoms with Gasteiger partial charge >= 0.3 is 5.97 Å². The molecule has 1 aliphatic rings. The van der Waals surface area contributed by atoms with Crippen molar-refractivity contribution in [3.8, 4) is 0 Å². The summed E-state index contributed by atoms with van der Waals surface area (Å²) in [6, 6.07) is 17.4. The predicted molar refractivity (Wildman–Crippen MR) is 124 cm³/mol. The van der Waals surface area contributed by atoms with E-state index in [1.807, 2.05) is 67.6 Å². The average Bonchev–Trinajstić information content (AvgIpc) is 2.82. The molecule has 0 aliphatic carbocycles. The molecule has 3 rings (SSSR count). The molecule has 1 amide bonds. The Labute approximate surface area is 188 Å². The lowest BCUT2D eigenvalue weighted by atomic mass is 9.96. The second kappa shape index (κ2) is 10.9. The molecular formula is C25H27N3O4. The van der Waals surface area contributed by atoms with Crippen molar-refractivity contribution in [3.05, 3.63) is 83.1 Å². The number of hydrazone groups is 1. The van der Waals surface area contributed by atoms with Crippen LogP contribution in [0.1, 0.15) is 37.5 Å². The van der Waals surface area contributed by atoms with Gasteiger partial charge in [0.25, 0.3) is 5.91 Å². The number of amides is 1. The third-order valence-corrected chi connectivity index (χ3v) is 4.75. The molecular weight excluding hydrogens is 406 g/mol. The molecule has 1 aliphatic heterocycles. The first-order valence-electron chi connectivity index (χ1n) is 10.5. The topological polar surface area (TPSA) is 80.2 Å². The van der Waals surface area contributed by atoms with E-state index in [0.29, 0.717) is 5.76 Å². The van der Waals surface area contributed by atoms with Gasteiger partial charge in [0.2, 0.25) is 0 Å². The number of nitrogens with zero attached hydrogens (tertiary/aromatic N) is 2. The van der Waals surface area contributed by atoms with Gasteiger partial charge < -0.3 is 14.8 Å². The molecule has 7 nitrogen and oxygen atoms in total. The number of allylic oxidation sites excluding steroid dienone is 1. The maximum atomic E-state index is 13.3. The fourth-order valence-corrected chi connectivity index (χ4v) is 3.40. The van der Waals surface area contributed by atoms with Crippen LogP contribution >= 0.6 is 0 Å². The lowest BCUT2D eigenvalue weighted by Gasteiger charge is -2.32. The normalized spacial score (nSPS) is 14.5. The molecule has 32 heavy (non-hydrogen) atoms. The zero-order valence-corrected chi connectivity index (χ0v) is 18.5. The first kappa shape index (κ1) is 22.8. The summed E-state index contributed by atoms with van der Waals surface area (Å²) in [5.41, 5.74) is 3.58. The van der Waals surface area contributed by atoms with E-state index < -0.39 is 11.9 Å². The van der Waals surface area contributed by atoms with Gasteiger partial charge in [0, 0.05) is 17.3 Å². The summed E-state index contributed by atoms with van der Waals surface area (Å²) in [5, 5.41) is 8.61. The molecule has 0 aromatic heterocycles. The van der Waals surface area contributed by atoms with Gasteiger partial charge in [0.15, 0.2) is 11.5 Å². The van der Waals surface area contributed by atoms with Gasteiger partial charge in [0.1, 0.15) is 13.2 Å². The number of carbonyl (C=O) groups is 2. The first-order valence-corrected chi connectivity index (χ1v) is 10.5. The lowest BCUT2D eigenvalue weighted by molar-refractivity contribution is -0.143. The molecule has 0 saturated heterocycles. The van der Waals surface area contributed by atoms with Gasteiger partial charge in [-0.3, -0.25) is 9.59 Å². The number of carbonyl (C=O) groups excluding carboxylic acids is 2. The summed E-state index contributed by atoms with van der Waals surface area (Å²) in [7, 11) is 0. The fraction of sp³-hybridized carbons (Fsp3) is 0.240. The number of nitrogens with one attached hydrogen (secondary N) is 1. The van der Waals surface area contributed by atoms with Crippen molar-refractivity contribution >= 4 is 29.5 Å². The third-order valence-electron chi connectivity index (χ3n) is 4.75. The van der Waals surface area contributed by atoms with Crippen molar-refractivity contribution in [1.82, 2.24) is 10.3 Å². The van der Waals surface area contributed by atoms with Crippen LogP contribution in [0.4, 0.5) is 0 Å². The summed E-state index contributed by atoms with van der Waals surface area (Å²) < 4.78 is 11.1. The van der Waals surface area contributed by atoms with Gasteiger partial charge in [-0.15, -0.1) is 0 Å². The number of ether oxygens (including phenoxy) is 2. The molecule has 0 saturated carbocycles. The highest BCUT2D eigenvalue weighted by molar-refractivity contribution is 6.04. The zero-order valence-electron chi connectivity index (χ0n) is 18.5. The van der Waals surface area contributed by atoms with Crippen LogP contribution in [0.25, 0.3) is 11.5 Å². The van der Waals surface area contributed by atoms with Crippen LogP contribution in [0.5, 0.6) is 0 Å². The zero-order chi connectivity index (χ0) is 22.9. The molecule has 2 aromatic rings. The highest BCUT2D eigenvalue weighted by Gasteiger charge is 2.34. The Bertz CT molecular complexity index is 1060. The van der Waals surface area contributed by atoms with E-state index in [9.17, 15) is 9.59 Å². The highest BCUT2D eigenvalue weighted by Crippen LogP contribution is 2.39. The summed E-state index contributed by atoms with van der Waals surface area (Å²) in [6.07, 6.45) is 3.49. The number of fused-ring (bicyclic) bond motifs is 1. The fourth-order valence-electron chi connectivity index (χ4n) is 3.40. The van der Waals surface area contributed by atoms with E-state index in [-0.39, 0.29) is 25.5 Å². The van der Waals surface area contributed by atoms with Crippen LogP contribution in [0, 0.1) is 0 Å². The monoisotopic (exact) mass is 433 g/mol. The Kier molecular flexibility index (Phi) is 7.80. The van der Waals surface area contributed by atoms with Crippen LogP contribution in [-0.4, -0.2) is 36.3 Å². The van der Waals surface area contributed by atoms with Crippen LogP contribution in [0.2, 0.25) is 0 Å². The summed E-state index contributed by atoms with van der Waals surface area (Å²) in [6.45, 7) is 5.63. The second-order valence-electron chi connectivity index (χ2n) is 6.84. The molecule has 7 heteroatoms. The van der Waals surface area contributed by atoms with Gasteiger partial charge in [-0.2, -0.15) is 5.10 Å². The smallest absolute Gasteiger partial charge is 0.325 e. The number of benzene rings is 2. The number of esters is 1. The Hall–Kier alpha value is -3.87. The molecule has 0 fully saturated rings. The average molecular weight is 434 g/mol. The Morgan fingerprint density at radius 3 is 2.38 bits per heavy atom. The quantitative estimate of drug-likeness (QED) is 0.504. The van der Waals surface area contributed by atoms with E-state index >= 15 is 0 Å². The predicted octanol–water partition coefficient (Wildman–Crippen LogP) is 3.93. The minimum absolute atomic E-state index is 0.204. The van der Waals surface area contributed by atoms with Crippen molar-refractivity contribution in [2.45, 2.75) is 27.4 Å². The Balaban J connectivity index is 2.07. The Morgan fingerprint density at radius 1 is 1.03 bits per heavy atom. The van der Waals surface area contributed by atoms with Crippen LogP contribution in [0.15, 0.2) is 71.5 Å². The second-order valence-corrected chi connectivity index (χ2v) is 6.84. The Morgan fingerprint density at radius 2 is 1.72 bits per heavy atom. The SMILES string of the molecule is C/C=N\N1C(C(=O)NCC(=O)OCC)=C(OCc2ccccc2)c2ccccc2/C1=C\C.